The SMILES string of the molecule is CC(=O)c1cccc(OCC(O)CNC(C)C(O)c2ccc(O)cc2)c1. The summed E-state index contributed by atoms with van der Waals surface area (Å²) < 4.78 is 5.52. The highest BCUT2D eigenvalue weighted by Crippen LogP contribution is 2.19. The summed E-state index contributed by atoms with van der Waals surface area (Å²) in [6, 6.07) is 12.8. The summed E-state index contributed by atoms with van der Waals surface area (Å²) in [5, 5.41) is 32.7. The molecule has 0 bridgehead atoms. The van der Waals surface area contributed by atoms with Crippen LogP contribution in [0.4, 0.5) is 0 Å². The van der Waals surface area contributed by atoms with Crippen LogP contribution in [0.15, 0.2) is 48.5 Å². The van der Waals surface area contributed by atoms with E-state index >= 15 is 0 Å². The molecule has 3 unspecified atom stereocenters. The quantitative estimate of drug-likeness (QED) is 0.512. The molecule has 0 radical (unpaired) electrons. The van der Waals surface area contributed by atoms with Crippen molar-refractivity contribution in [1.82, 2.24) is 5.32 Å². The molecule has 0 aliphatic rings. The Hall–Kier alpha value is -2.41. The molecule has 140 valence electrons. The minimum absolute atomic E-state index is 0.0466. The van der Waals surface area contributed by atoms with Crippen molar-refractivity contribution >= 4 is 5.78 Å². The third-order valence-electron chi connectivity index (χ3n) is 4.07. The van der Waals surface area contributed by atoms with Crippen molar-refractivity contribution in [3.63, 3.8) is 0 Å². The summed E-state index contributed by atoms with van der Waals surface area (Å²) in [5.41, 5.74) is 1.23. The zero-order chi connectivity index (χ0) is 19.1. The van der Waals surface area contributed by atoms with Gasteiger partial charge >= 0.3 is 0 Å². The van der Waals surface area contributed by atoms with E-state index in [1.807, 2.05) is 0 Å². The van der Waals surface area contributed by atoms with E-state index < -0.39 is 12.2 Å². The number of hydrogen-bond acceptors (Lipinski definition) is 6. The van der Waals surface area contributed by atoms with Crippen molar-refractivity contribution in [2.75, 3.05) is 13.2 Å². The van der Waals surface area contributed by atoms with Crippen molar-refractivity contribution < 1.29 is 24.9 Å². The van der Waals surface area contributed by atoms with Gasteiger partial charge in [0.25, 0.3) is 0 Å². The van der Waals surface area contributed by atoms with Gasteiger partial charge in [-0.15, -0.1) is 0 Å². The normalized spacial score (nSPS) is 14.5. The van der Waals surface area contributed by atoms with Gasteiger partial charge < -0.3 is 25.4 Å². The second kappa shape index (κ2) is 9.33. The van der Waals surface area contributed by atoms with Crippen molar-refractivity contribution in [1.29, 1.82) is 0 Å². The fourth-order valence-corrected chi connectivity index (χ4v) is 2.45. The minimum Gasteiger partial charge on any atom is -0.508 e. The second-order valence-electron chi connectivity index (χ2n) is 6.28. The van der Waals surface area contributed by atoms with Crippen LogP contribution in [0, 0.1) is 0 Å². The first-order valence-corrected chi connectivity index (χ1v) is 8.49. The number of rotatable bonds is 9. The van der Waals surface area contributed by atoms with Crippen LogP contribution >= 0.6 is 0 Å². The average Bonchev–Trinajstić information content (AvgIpc) is 2.64. The molecule has 0 fully saturated rings. The van der Waals surface area contributed by atoms with Crippen LogP contribution in [0.3, 0.4) is 0 Å². The topological polar surface area (TPSA) is 99.0 Å². The molecule has 0 aromatic heterocycles. The van der Waals surface area contributed by atoms with E-state index in [1.54, 1.807) is 43.3 Å². The van der Waals surface area contributed by atoms with Crippen LogP contribution in [-0.4, -0.2) is 46.4 Å². The van der Waals surface area contributed by atoms with E-state index in [0.717, 1.165) is 0 Å². The third kappa shape index (κ3) is 5.84. The van der Waals surface area contributed by atoms with Crippen LogP contribution in [-0.2, 0) is 0 Å². The number of ketones is 1. The first-order chi connectivity index (χ1) is 12.4. The molecular formula is C20H25NO5. The van der Waals surface area contributed by atoms with E-state index in [4.69, 9.17) is 4.74 Å². The molecule has 0 aliphatic heterocycles. The molecule has 26 heavy (non-hydrogen) atoms. The first kappa shape index (κ1) is 19.9. The zero-order valence-corrected chi connectivity index (χ0v) is 14.9. The Morgan fingerprint density at radius 3 is 2.50 bits per heavy atom. The summed E-state index contributed by atoms with van der Waals surface area (Å²) >= 11 is 0. The first-order valence-electron chi connectivity index (χ1n) is 8.49. The summed E-state index contributed by atoms with van der Waals surface area (Å²) in [7, 11) is 0. The maximum atomic E-state index is 11.4. The fourth-order valence-electron chi connectivity index (χ4n) is 2.45. The number of aliphatic hydroxyl groups is 2. The lowest BCUT2D eigenvalue weighted by Gasteiger charge is -2.22. The number of carbonyl (C=O) groups is 1. The van der Waals surface area contributed by atoms with Crippen LogP contribution in [0.1, 0.15) is 35.9 Å². The van der Waals surface area contributed by atoms with Crippen molar-refractivity contribution in [2.45, 2.75) is 32.1 Å². The number of aromatic hydroxyl groups is 1. The predicted molar refractivity (Wildman–Crippen MR) is 98.5 cm³/mol. The summed E-state index contributed by atoms with van der Waals surface area (Å²) in [5.74, 6) is 0.617. The molecule has 2 aromatic rings. The molecule has 0 heterocycles. The Labute approximate surface area is 153 Å². The molecule has 2 aromatic carbocycles. The van der Waals surface area contributed by atoms with Crippen molar-refractivity contribution in [3.8, 4) is 11.5 Å². The lowest BCUT2D eigenvalue weighted by atomic mass is 10.0. The number of Topliss-reactive ketones (excluding diaryl/α,β-unsaturated/α-hetero) is 1. The highest BCUT2D eigenvalue weighted by atomic mass is 16.5. The molecule has 6 heteroatoms. The number of benzene rings is 2. The van der Waals surface area contributed by atoms with E-state index in [2.05, 4.69) is 5.32 Å². The zero-order valence-electron chi connectivity index (χ0n) is 14.9. The van der Waals surface area contributed by atoms with Gasteiger partial charge in [0, 0.05) is 18.2 Å². The highest BCUT2D eigenvalue weighted by Gasteiger charge is 2.17. The Balaban J connectivity index is 1.79. The smallest absolute Gasteiger partial charge is 0.159 e. The van der Waals surface area contributed by atoms with Gasteiger partial charge in [-0.1, -0.05) is 24.3 Å². The Kier molecular flexibility index (Phi) is 7.15. The molecule has 0 saturated carbocycles. The molecule has 3 atom stereocenters. The molecule has 0 saturated heterocycles. The van der Waals surface area contributed by atoms with Gasteiger partial charge in [0.05, 0.1) is 6.10 Å². The van der Waals surface area contributed by atoms with Crippen LogP contribution in [0.2, 0.25) is 0 Å². The second-order valence-corrected chi connectivity index (χ2v) is 6.28. The summed E-state index contributed by atoms with van der Waals surface area (Å²) in [4.78, 5) is 11.4. The molecule has 0 aliphatic carbocycles. The van der Waals surface area contributed by atoms with Gasteiger partial charge in [-0.3, -0.25) is 4.79 Å². The number of ether oxygens (including phenoxy) is 1. The number of aliphatic hydroxyl groups excluding tert-OH is 2. The number of phenolic OH excluding ortho intramolecular Hbond substituents is 1. The Morgan fingerprint density at radius 1 is 1.15 bits per heavy atom. The van der Waals surface area contributed by atoms with E-state index in [9.17, 15) is 20.1 Å². The molecule has 0 amide bonds. The van der Waals surface area contributed by atoms with Gasteiger partial charge in [-0.25, -0.2) is 0 Å². The van der Waals surface area contributed by atoms with Gasteiger partial charge in [-0.05, 0) is 43.7 Å². The van der Waals surface area contributed by atoms with Gasteiger partial charge in [0.2, 0.25) is 0 Å². The highest BCUT2D eigenvalue weighted by molar-refractivity contribution is 5.94. The summed E-state index contributed by atoms with van der Waals surface area (Å²) in [6.45, 7) is 3.60. The van der Waals surface area contributed by atoms with E-state index in [-0.39, 0.29) is 30.7 Å². The van der Waals surface area contributed by atoms with Gasteiger partial charge in [0.15, 0.2) is 5.78 Å². The van der Waals surface area contributed by atoms with Crippen LogP contribution in [0.5, 0.6) is 11.5 Å². The monoisotopic (exact) mass is 359 g/mol. The van der Waals surface area contributed by atoms with E-state index in [0.29, 0.717) is 16.9 Å². The predicted octanol–water partition coefficient (Wildman–Crippen LogP) is 2.05. The lowest BCUT2D eigenvalue weighted by molar-refractivity contribution is 0.0875. The number of nitrogens with one attached hydrogen (secondary N) is 1. The largest absolute Gasteiger partial charge is 0.508 e. The van der Waals surface area contributed by atoms with Crippen LogP contribution in [0.25, 0.3) is 0 Å². The lowest BCUT2D eigenvalue weighted by Crippen LogP contribution is -2.39. The standard InChI is InChI=1S/C20H25NO5/c1-13(20(25)15-6-8-17(23)9-7-15)21-11-18(24)12-26-19-5-3-4-16(10-19)14(2)22/h3-10,13,18,20-21,23-25H,11-12H2,1-2H3. The fraction of sp³-hybridized carbons (Fsp3) is 0.350. The molecule has 6 nitrogen and oxygen atoms in total. The average molecular weight is 359 g/mol. The number of carbonyl (C=O) groups excluding carboxylic acids is 1. The molecule has 4 N–H and O–H groups in total. The Bertz CT molecular complexity index is 716. The third-order valence-corrected chi connectivity index (χ3v) is 4.07. The molecule has 0 spiro atoms. The maximum absolute atomic E-state index is 11.4. The van der Waals surface area contributed by atoms with E-state index in [1.165, 1.54) is 19.1 Å². The minimum atomic E-state index is -0.773. The number of hydrogen-bond donors (Lipinski definition) is 4. The Morgan fingerprint density at radius 2 is 1.85 bits per heavy atom. The van der Waals surface area contributed by atoms with Crippen molar-refractivity contribution in [2.24, 2.45) is 0 Å². The number of phenols is 1. The van der Waals surface area contributed by atoms with Crippen LogP contribution < -0.4 is 10.1 Å². The van der Waals surface area contributed by atoms with Gasteiger partial charge in [-0.2, -0.15) is 0 Å². The maximum Gasteiger partial charge on any atom is 0.159 e. The summed E-state index contributed by atoms with van der Waals surface area (Å²) in [6.07, 6.45) is -1.54. The van der Waals surface area contributed by atoms with Crippen molar-refractivity contribution in [3.05, 3.63) is 59.7 Å². The molecular weight excluding hydrogens is 334 g/mol. The molecule has 2 rings (SSSR count). The van der Waals surface area contributed by atoms with Gasteiger partial charge in [0.1, 0.15) is 24.2 Å².